The molecule has 0 bridgehead atoms. The molecular weight excluding hydrogens is 322 g/mol. The number of thiophene rings is 1. The van der Waals surface area contributed by atoms with Gasteiger partial charge in [-0.25, -0.2) is 4.98 Å². The number of nitrogens with one attached hydrogen (secondary N) is 1. The van der Waals surface area contributed by atoms with E-state index < -0.39 is 0 Å². The molecule has 0 amide bonds. The van der Waals surface area contributed by atoms with Crippen LogP contribution in [0.2, 0.25) is 0 Å². The summed E-state index contributed by atoms with van der Waals surface area (Å²) < 4.78 is 1.10. The lowest BCUT2D eigenvalue weighted by Crippen LogP contribution is -1.92. The molecule has 0 aliphatic rings. The van der Waals surface area contributed by atoms with E-state index in [1.54, 1.807) is 17.6 Å². The molecule has 19 heavy (non-hydrogen) atoms. The van der Waals surface area contributed by atoms with Crippen LogP contribution in [0.25, 0.3) is 10.9 Å². The fourth-order valence-corrected chi connectivity index (χ4v) is 2.98. The van der Waals surface area contributed by atoms with Gasteiger partial charge in [0, 0.05) is 10.3 Å². The third kappa shape index (κ3) is 3.00. The van der Waals surface area contributed by atoms with Gasteiger partial charge in [0.05, 0.1) is 15.5 Å². The first kappa shape index (κ1) is 12.3. The minimum atomic E-state index is 0.741. The summed E-state index contributed by atoms with van der Waals surface area (Å²) in [5, 5.41) is 5.31. The van der Waals surface area contributed by atoms with Gasteiger partial charge in [-0.05, 0) is 46.3 Å². The van der Waals surface area contributed by atoms with E-state index in [1.807, 2.05) is 48.5 Å². The molecule has 2 aromatic heterocycles. The van der Waals surface area contributed by atoms with Gasteiger partial charge in [-0.1, -0.05) is 18.2 Å². The lowest BCUT2D eigenvalue weighted by molar-refractivity contribution is 1.27. The molecule has 0 fully saturated rings. The Morgan fingerprint density at radius 1 is 1.11 bits per heavy atom. The number of benzene rings is 1. The molecule has 0 saturated carbocycles. The number of hydrogen-bond acceptors (Lipinski definition) is 4. The van der Waals surface area contributed by atoms with E-state index in [0.29, 0.717) is 0 Å². The van der Waals surface area contributed by atoms with E-state index in [9.17, 15) is 0 Å². The number of nitrogens with zero attached hydrogens (tertiary/aromatic N) is 2. The number of anilines is 1. The van der Waals surface area contributed by atoms with Crippen LogP contribution in [0.3, 0.4) is 0 Å². The second-order valence-corrected chi connectivity index (χ2v) is 6.40. The molecule has 0 spiro atoms. The number of halogens is 1. The number of hydrazone groups is 1. The normalized spacial score (nSPS) is 11.2. The van der Waals surface area contributed by atoms with Crippen molar-refractivity contribution >= 4 is 50.2 Å². The predicted octanol–water partition coefficient (Wildman–Crippen LogP) is 4.50. The van der Waals surface area contributed by atoms with Crippen LogP contribution in [0.5, 0.6) is 0 Å². The molecule has 1 N–H and O–H groups in total. The Labute approximate surface area is 123 Å². The van der Waals surface area contributed by atoms with Crippen molar-refractivity contribution in [1.29, 1.82) is 0 Å². The minimum Gasteiger partial charge on any atom is -0.261 e. The van der Waals surface area contributed by atoms with Crippen molar-refractivity contribution in [3.05, 3.63) is 57.2 Å². The number of rotatable bonds is 3. The number of para-hydroxylation sites is 1. The molecule has 1 aromatic carbocycles. The van der Waals surface area contributed by atoms with Crippen molar-refractivity contribution in [2.75, 3.05) is 5.43 Å². The van der Waals surface area contributed by atoms with Crippen molar-refractivity contribution in [3.63, 3.8) is 0 Å². The molecule has 0 unspecified atom stereocenters. The minimum absolute atomic E-state index is 0.741. The monoisotopic (exact) mass is 331 g/mol. The molecular formula is C14H10BrN3S. The highest BCUT2D eigenvalue weighted by Crippen LogP contribution is 2.20. The van der Waals surface area contributed by atoms with E-state index in [1.165, 1.54) is 0 Å². The molecule has 0 aliphatic heterocycles. The average Bonchev–Trinajstić information content (AvgIpc) is 2.84. The van der Waals surface area contributed by atoms with E-state index in [-0.39, 0.29) is 0 Å². The molecule has 5 heteroatoms. The Morgan fingerprint density at radius 2 is 2.00 bits per heavy atom. The Hall–Kier alpha value is -1.72. The van der Waals surface area contributed by atoms with Gasteiger partial charge in [-0.2, -0.15) is 5.10 Å². The lowest BCUT2D eigenvalue weighted by Gasteiger charge is -2.01. The van der Waals surface area contributed by atoms with Gasteiger partial charge < -0.3 is 0 Å². The molecule has 2 heterocycles. The summed E-state index contributed by atoms with van der Waals surface area (Å²) in [6, 6.07) is 16.0. The smallest absolute Gasteiger partial charge is 0.146 e. The maximum Gasteiger partial charge on any atom is 0.146 e. The average molecular weight is 332 g/mol. The van der Waals surface area contributed by atoms with E-state index in [2.05, 4.69) is 31.4 Å². The summed E-state index contributed by atoms with van der Waals surface area (Å²) in [5.41, 5.74) is 3.90. The first-order valence-corrected chi connectivity index (χ1v) is 7.32. The highest BCUT2D eigenvalue weighted by molar-refractivity contribution is 9.11. The van der Waals surface area contributed by atoms with Gasteiger partial charge in [0.1, 0.15) is 5.82 Å². The Kier molecular flexibility index (Phi) is 3.57. The summed E-state index contributed by atoms with van der Waals surface area (Å²) in [6.45, 7) is 0. The summed E-state index contributed by atoms with van der Waals surface area (Å²) in [5.74, 6) is 0.741. The molecule has 0 saturated heterocycles. The van der Waals surface area contributed by atoms with Gasteiger partial charge in [0.2, 0.25) is 0 Å². The molecule has 0 atom stereocenters. The molecule has 3 aromatic rings. The van der Waals surface area contributed by atoms with Crippen molar-refractivity contribution in [1.82, 2.24) is 4.98 Å². The zero-order valence-corrected chi connectivity index (χ0v) is 12.3. The second kappa shape index (κ2) is 5.50. The van der Waals surface area contributed by atoms with E-state index in [0.717, 1.165) is 25.4 Å². The van der Waals surface area contributed by atoms with Gasteiger partial charge in [-0.3, -0.25) is 5.43 Å². The zero-order valence-electron chi connectivity index (χ0n) is 9.88. The van der Waals surface area contributed by atoms with Gasteiger partial charge in [-0.15, -0.1) is 11.3 Å². The predicted molar refractivity (Wildman–Crippen MR) is 85.0 cm³/mol. The highest BCUT2D eigenvalue weighted by atomic mass is 79.9. The maximum atomic E-state index is 4.48. The molecule has 0 aliphatic carbocycles. The highest BCUT2D eigenvalue weighted by Gasteiger charge is 1.96. The Morgan fingerprint density at radius 3 is 2.84 bits per heavy atom. The van der Waals surface area contributed by atoms with Crippen molar-refractivity contribution in [3.8, 4) is 0 Å². The van der Waals surface area contributed by atoms with Gasteiger partial charge in [0.15, 0.2) is 0 Å². The van der Waals surface area contributed by atoms with Crippen LogP contribution in [0.4, 0.5) is 5.82 Å². The number of fused-ring (bicyclic) bond motifs is 1. The molecule has 3 rings (SSSR count). The van der Waals surface area contributed by atoms with Gasteiger partial charge in [0.25, 0.3) is 0 Å². The second-order valence-electron chi connectivity index (χ2n) is 3.90. The lowest BCUT2D eigenvalue weighted by atomic mass is 10.2. The van der Waals surface area contributed by atoms with Crippen molar-refractivity contribution in [2.24, 2.45) is 5.10 Å². The number of aromatic nitrogens is 1. The van der Waals surface area contributed by atoms with Crippen LogP contribution in [0.15, 0.2) is 57.4 Å². The van der Waals surface area contributed by atoms with E-state index >= 15 is 0 Å². The summed E-state index contributed by atoms with van der Waals surface area (Å²) in [7, 11) is 0. The number of hydrogen-bond donors (Lipinski definition) is 1. The van der Waals surface area contributed by atoms with Crippen LogP contribution in [-0.2, 0) is 0 Å². The number of pyridine rings is 1. The molecule has 0 radical (unpaired) electrons. The quantitative estimate of drug-likeness (QED) is 0.566. The topological polar surface area (TPSA) is 37.3 Å². The van der Waals surface area contributed by atoms with Crippen LogP contribution >= 0.6 is 27.3 Å². The first-order valence-electron chi connectivity index (χ1n) is 5.71. The zero-order chi connectivity index (χ0) is 13.1. The first-order chi connectivity index (χ1) is 9.31. The third-order valence-corrected chi connectivity index (χ3v) is 4.12. The standard InChI is InChI=1S/C14H10BrN3S/c15-13-7-6-11(19-13)9-16-18-14-8-5-10-3-1-2-4-12(10)17-14/h1-9H,(H,17,18)/b16-9+. The van der Waals surface area contributed by atoms with Crippen molar-refractivity contribution in [2.45, 2.75) is 0 Å². The largest absolute Gasteiger partial charge is 0.261 e. The van der Waals surface area contributed by atoms with E-state index in [4.69, 9.17) is 0 Å². The van der Waals surface area contributed by atoms with Gasteiger partial charge >= 0.3 is 0 Å². The van der Waals surface area contributed by atoms with Crippen molar-refractivity contribution < 1.29 is 0 Å². The van der Waals surface area contributed by atoms with Crippen LogP contribution < -0.4 is 5.43 Å². The fourth-order valence-electron chi connectivity index (χ4n) is 1.69. The van der Waals surface area contributed by atoms with Crippen LogP contribution in [0.1, 0.15) is 4.88 Å². The maximum absolute atomic E-state index is 4.48. The molecule has 3 nitrogen and oxygen atoms in total. The van der Waals surface area contributed by atoms with Crippen LogP contribution in [0, 0.1) is 0 Å². The fraction of sp³-hybridized carbons (Fsp3) is 0. The van der Waals surface area contributed by atoms with Crippen LogP contribution in [-0.4, -0.2) is 11.2 Å². The Bertz CT molecular complexity index is 736. The summed E-state index contributed by atoms with van der Waals surface area (Å²) in [4.78, 5) is 5.56. The third-order valence-electron chi connectivity index (χ3n) is 2.56. The SMILES string of the molecule is Brc1ccc(/C=N/Nc2ccc3ccccc3n2)s1. The molecule has 94 valence electrons. The summed E-state index contributed by atoms with van der Waals surface area (Å²) in [6.07, 6.45) is 1.78. The summed E-state index contributed by atoms with van der Waals surface area (Å²) >= 11 is 5.05. The Balaban J connectivity index is 1.76.